The third kappa shape index (κ3) is 1.55. The van der Waals surface area contributed by atoms with Crippen LogP contribution in [0.5, 0.6) is 0 Å². The van der Waals surface area contributed by atoms with E-state index in [2.05, 4.69) is 4.74 Å². The predicted molar refractivity (Wildman–Crippen MR) is 69.5 cm³/mol. The Morgan fingerprint density at radius 2 is 0.719 bits per heavy atom. The van der Waals surface area contributed by atoms with Crippen molar-refractivity contribution < 1.29 is 75.4 Å². The van der Waals surface area contributed by atoms with E-state index in [9.17, 15) is 70.7 Å². The summed E-state index contributed by atoms with van der Waals surface area (Å²) >= 11 is 0. The molecule has 4 saturated carbocycles. The summed E-state index contributed by atoms with van der Waals surface area (Å²) in [5.74, 6) is -49.6. The summed E-state index contributed by atoms with van der Waals surface area (Å²) < 4.78 is 221. The fourth-order valence-corrected chi connectivity index (χ4v) is 4.29. The molecule has 0 heterocycles. The summed E-state index contributed by atoms with van der Waals surface area (Å²) in [6.45, 7) is 1.59. The number of halogens is 15. The van der Waals surface area contributed by atoms with Crippen molar-refractivity contribution in [3.63, 3.8) is 0 Å². The van der Waals surface area contributed by atoms with Crippen LogP contribution in [0.25, 0.3) is 0 Å². The lowest BCUT2D eigenvalue weighted by molar-refractivity contribution is -0.615. The van der Waals surface area contributed by atoms with Crippen molar-refractivity contribution in [3.05, 3.63) is 0 Å². The summed E-state index contributed by atoms with van der Waals surface area (Å²) in [5.41, 5.74) is -33.0. The second-order valence-electron chi connectivity index (χ2n) is 8.74. The highest BCUT2D eigenvalue weighted by molar-refractivity contribution is 5.77. The molecule has 0 N–H and O–H groups in total. The summed E-state index contributed by atoms with van der Waals surface area (Å²) in [4.78, 5) is 11.9. The van der Waals surface area contributed by atoms with Gasteiger partial charge in [-0.1, -0.05) is 0 Å². The van der Waals surface area contributed by atoms with E-state index in [0.717, 1.165) is 0 Å². The molecule has 0 aromatic carbocycles. The van der Waals surface area contributed by atoms with E-state index in [-0.39, 0.29) is 0 Å². The Morgan fingerprint density at radius 1 is 0.500 bits per heavy atom. The van der Waals surface area contributed by atoms with Gasteiger partial charge in [-0.25, -0.2) is 13.2 Å². The molecule has 2 nitrogen and oxygen atoms in total. The number of carbonyl (C=O) groups excluding carboxylic acids is 1. The highest BCUT2D eigenvalue weighted by atomic mass is 19.3. The van der Waals surface area contributed by atoms with E-state index < -0.39 is 69.5 Å². The summed E-state index contributed by atoms with van der Waals surface area (Å²) in [6, 6.07) is 0. The molecule has 4 aliphatic rings. The molecule has 4 aliphatic carbocycles. The van der Waals surface area contributed by atoms with Crippen LogP contribution < -0.4 is 0 Å². The van der Waals surface area contributed by atoms with Crippen molar-refractivity contribution >= 4 is 5.97 Å². The third-order valence-corrected chi connectivity index (χ3v) is 6.08. The van der Waals surface area contributed by atoms with Gasteiger partial charge in [-0.2, -0.15) is 52.7 Å². The Balaban J connectivity index is 2.66. The van der Waals surface area contributed by atoms with Gasteiger partial charge < -0.3 is 4.74 Å². The van der Waals surface area contributed by atoms with Crippen LogP contribution in [0.1, 0.15) is 20.8 Å². The summed E-state index contributed by atoms with van der Waals surface area (Å²) in [7, 11) is 0. The highest BCUT2D eigenvalue weighted by Crippen LogP contribution is 2.88. The van der Waals surface area contributed by atoms with E-state index >= 15 is 0 Å². The van der Waals surface area contributed by atoms with Crippen molar-refractivity contribution in [2.45, 2.75) is 78.9 Å². The van der Waals surface area contributed by atoms with E-state index in [1.54, 1.807) is 0 Å². The fourth-order valence-electron chi connectivity index (χ4n) is 4.29. The molecule has 0 atom stereocenters. The van der Waals surface area contributed by atoms with Crippen LogP contribution in [0, 0.1) is 5.41 Å². The molecule has 4 fully saturated rings. The number of ether oxygens (including phenoxy) is 1. The van der Waals surface area contributed by atoms with Gasteiger partial charge in [0.1, 0.15) is 0 Å². The molecule has 32 heavy (non-hydrogen) atoms. The van der Waals surface area contributed by atoms with Gasteiger partial charge in [0, 0.05) is 0 Å². The maximum Gasteiger partial charge on any atom is 0.345 e. The predicted octanol–water partition coefficient (Wildman–Crippen LogP) is 5.29. The summed E-state index contributed by atoms with van der Waals surface area (Å²) in [5, 5.41) is 0. The van der Waals surface area contributed by atoms with Gasteiger partial charge in [0.15, 0.2) is 0 Å². The Kier molecular flexibility index (Phi) is 3.97. The van der Waals surface area contributed by atoms with E-state index in [0.29, 0.717) is 20.8 Å². The first-order valence-corrected chi connectivity index (χ1v) is 8.20. The molecule has 0 aliphatic heterocycles. The first-order chi connectivity index (χ1) is 13.6. The number of carbonyl (C=O) groups is 1. The second kappa shape index (κ2) is 5.08. The minimum absolute atomic E-state index is 0.531. The Morgan fingerprint density at radius 3 is 0.906 bits per heavy atom. The molecule has 4 bridgehead atoms. The maximum absolute atomic E-state index is 14.8. The van der Waals surface area contributed by atoms with Crippen LogP contribution in [0.2, 0.25) is 0 Å². The lowest BCUT2D eigenvalue weighted by Gasteiger charge is -2.74. The largest absolute Gasteiger partial charge is 0.439 e. The van der Waals surface area contributed by atoms with Crippen LogP contribution in [0.15, 0.2) is 0 Å². The molecule has 0 amide bonds. The maximum atomic E-state index is 14.8. The van der Waals surface area contributed by atoms with E-state index in [1.165, 1.54) is 0 Å². The van der Waals surface area contributed by atoms with Crippen molar-refractivity contribution in [2.75, 3.05) is 0 Å². The van der Waals surface area contributed by atoms with Gasteiger partial charge in [0.2, 0.25) is 0 Å². The lowest BCUT2D eigenvalue weighted by atomic mass is 9.40. The standard InChI is InChI=1S/C15H9F15O2/c1-5(2,3)4(31)32-9-13(25,26)6(16)10(19,20)7(17,14(9,27)28)12(23,24)8(18,11(6,21)22)15(9,29)30/h1-3H3. The van der Waals surface area contributed by atoms with Crippen LogP contribution in [-0.4, -0.2) is 64.1 Å². The smallest absolute Gasteiger partial charge is 0.345 e. The number of hydrogen-bond acceptors (Lipinski definition) is 2. The molecule has 17 heteroatoms. The Hall–Kier alpha value is -1.58. The van der Waals surface area contributed by atoms with Gasteiger partial charge in [-0.05, 0) is 20.8 Å². The molecule has 0 radical (unpaired) electrons. The van der Waals surface area contributed by atoms with E-state index in [4.69, 9.17) is 0 Å². The number of alkyl halides is 15. The zero-order chi connectivity index (χ0) is 25.8. The van der Waals surface area contributed by atoms with Crippen molar-refractivity contribution in [1.29, 1.82) is 0 Å². The number of hydrogen-bond donors (Lipinski definition) is 0. The molecule has 0 aromatic heterocycles. The van der Waals surface area contributed by atoms with Crippen molar-refractivity contribution in [3.8, 4) is 0 Å². The van der Waals surface area contributed by atoms with Gasteiger partial charge in [0.25, 0.3) is 0 Å². The van der Waals surface area contributed by atoms with Crippen LogP contribution in [-0.2, 0) is 9.53 Å². The number of rotatable bonds is 1. The fraction of sp³-hybridized carbons (Fsp3) is 0.933. The van der Waals surface area contributed by atoms with Crippen LogP contribution in [0.3, 0.4) is 0 Å². The molecule has 0 spiro atoms. The van der Waals surface area contributed by atoms with Crippen LogP contribution >= 0.6 is 0 Å². The molecular weight excluding hydrogens is 497 g/mol. The Bertz CT molecular complexity index is 788. The van der Waals surface area contributed by atoms with Gasteiger partial charge in [-0.3, -0.25) is 4.79 Å². The van der Waals surface area contributed by atoms with Gasteiger partial charge >= 0.3 is 64.1 Å². The zero-order valence-electron chi connectivity index (χ0n) is 15.5. The molecule has 0 saturated heterocycles. The average molecular weight is 506 g/mol. The average Bonchev–Trinajstić information content (AvgIpc) is 2.58. The minimum Gasteiger partial charge on any atom is -0.439 e. The first kappa shape index (κ1) is 25.1. The highest BCUT2D eigenvalue weighted by Gasteiger charge is 3.24. The van der Waals surface area contributed by atoms with Crippen molar-refractivity contribution in [2.24, 2.45) is 5.41 Å². The molecule has 0 aromatic rings. The number of esters is 1. The quantitative estimate of drug-likeness (QED) is 0.357. The molecule has 186 valence electrons. The normalized spacial score (nSPS) is 46.1. The molecule has 4 rings (SSSR count). The molecular formula is C15H9F15O2. The lowest BCUT2D eigenvalue weighted by Crippen LogP contribution is -3.10. The SMILES string of the molecule is CC(C)(C)C(=O)OC12C(F)(F)C3(F)C(F)(F)C(F)(C(F)(F)C(F)(C3(F)F)C1(F)F)C2(F)F. The van der Waals surface area contributed by atoms with Gasteiger partial charge in [-0.15, -0.1) is 0 Å². The Labute approximate surface area is 167 Å². The third-order valence-electron chi connectivity index (χ3n) is 6.08. The monoisotopic (exact) mass is 506 g/mol. The zero-order valence-corrected chi connectivity index (χ0v) is 15.5. The second-order valence-corrected chi connectivity index (χ2v) is 8.74. The van der Waals surface area contributed by atoms with Crippen LogP contribution in [0.4, 0.5) is 65.9 Å². The molecule has 0 unspecified atom stereocenters. The van der Waals surface area contributed by atoms with Gasteiger partial charge in [0.05, 0.1) is 5.41 Å². The first-order valence-electron chi connectivity index (χ1n) is 8.20. The van der Waals surface area contributed by atoms with E-state index in [1.807, 2.05) is 0 Å². The minimum atomic E-state index is -7.90. The van der Waals surface area contributed by atoms with Crippen molar-refractivity contribution in [1.82, 2.24) is 0 Å². The summed E-state index contributed by atoms with van der Waals surface area (Å²) in [6.07, 6.45) is 0. The topological polar surface area (TPSA) is 26.3 Å².